The summed E-state index contributed by atoms with van der Waals surface area (Å²) in [5.41, 5.74) is 0.785. The number of carbonyl (C=O) groups excluding carboxylic acids is 1. The van der Waals surface area contributed by atoms with E-state index in [1.165, 1.54) is 23.5 Å². The number of hydrogen-bond acceptors (Lipinski definition) is 5. The van der Waals surface area contributed by atoms with Crippen molar-refractivity contribution in [3.63, 3.8) is 0 Å². The van der Waals surface area contributed by atoms with Gasteiger partial charge in [-0.2, -0.15) is 5.10 Å². The monoisotopic (exact) mass is 218 g/mol. The number of nitrogens with zero attached hydrogens (tertiary/aromatic N) is 4. The van der Waals surface area contributed by atoms with Gasteiger partial charge < -0.3 is 4.74 Å². The molecule has 0 amide bonds. The minimum atomic E-state index is -0.464. The molecule has 82 valence electrons. The number of hydrogen-bond donors (Lipinski definition) is 0. The molecule has 16 heavy (non-hydrogen) atoms. The van der Waals surface area contributed by atoms with Crippen molar-refractivity contribution in [2.45, 2.75) is 6.92 Å². The quantitative estimate of drug-likeness (QED) is 0.714. The van der Waals surface area contributed by atoms with Crippen molar-refractivity contribution in [1.29, 1.82) is 0 Å². The van der Waals surface area contributed by atoms with Crippen LogP contribution in [-0.4, -0.2) is 32.3 Å². The zero-order chi connectivity index (χ0) is 11.4. The van der Waals surface area contributed by atoms with E-state index in [2.05, 4.69) is 15.1 Å². The van der Waals surface area contributed by atoms with Crippen molar-refractivity contribution in [2.24, 2.45) is 0 Å². The van der Waals surface area contributed by atoms with Crippen molar-refractivity contribution < 1.29 is 9.53 Å². The van der Waals surface area contributed by atoms with Gasteiger partial charge in [0.15, 0.2) is 5.69 Å². The van der Waals surface area contributed by atoms with Crippen LogP contribution in [-0.2, 0) is 4.74 Å². The van der Waals surface area contributed by atoms with E-state index in [9.17, 15) is 4.79 Å². The Morgan fingerprint density at radius 2 is 2.44 bits per heavy atom. The largest absolute Gasteiger partial charge is 0.461 e. The molecule has 0 saturated heterocycles. The van der Waals surface area contributed by atoms with Crippen LogP contribution in [0.5, 0.6) is 0 Å². The first kappa shape index (κ1) is 10.3. The van der Waals surface area contributed by atoms with E-state index < -0.39 is 5.97 Å². The molecule has 0 unspecified atom stereocenters. The van der Waals surface area contributed by atoms with Crippen LogP contribution in [0.3, 0.4) is 0 Å². The summed E-state index contributed by atoms with van der Waals surface area (Å²) < 4.78 is 6.38. The van der Waals surface area contributed by atoms with Gasteiger partial charge in [0, 0.05) is 6.20 Å². The molecule has 2 aromatic rings. The Hall–Kier alpha value is -2.24. The topological polar surface area (TPSA) is 69.9 Å². The average molecular weight is 218 g/mol. The Bertz CT molecular complexity index is 481. The molecule has 2 aromatic heterocycles. The van der Waals surface area contributed by atoms with Gasteiger partial charge in [-0.25, -0.2) is 19.4 Å². The molecule has 0 aliphatic carbocycles. The number of carbonyl (C=O) groups is 1. The van der Waals surface area contributed by atoms with E-state index >= 15 is 0 Å². The molecule has 0 fully saturated rings. The van der Waals surface area contributed by atoms with Crippen LogP contribution in [0, 0.1) is 0 Å². The SMILES string of the molecule is CCOC(=O)c1ncccc1-n1cncn1. The van der Waals surface area contributed by atoms with Crippen molar-refractivity contribution >= 4 is 5.97 Å². The summed E-state index contributed by atoms with van der Waals surface area (Å²) in [5.74, 6) is -0.464. The van der Waals surface area contributed by atoms with Crippen LogP contribution >= 0.6 is 0 Å². The maximum Gasteiger partial charge on any atom is 0.359 e. The Morgan fingerprint density at radius 3 is 3.12 bits per heavy atom. The lowest BCUT2D eigenvalue weighted by Crippen LogP contribution is -2.12. The van der Waals surface area contributed by atoms with Gasteiger partial charge in [-0.1, -0.05) is 0 Å². The Labute approximate surface area is 91.9 Å². The van der Waals surface area contributed by atoms with Crippen molar-refractivity contribution in [3.05, 3.63) is 36.7 Å². The molecular formula is C10H10N4O2. The molecule has 0 N–H and O–H groups in total. The van der Waals surface area contributed by atoms with Gasteiger partial charge in [0.25, 0.3) is 0 Å². The highest BCUT2D eigenvalue weighted by atomic mass is 16.5. The molecule has 0 aliphatic heterocycles. The summed E-state index contributed by atoms with van der Waals surface area (Å²) >= 11 is 0. The van der Waals surface area contributed by atoms with Crippen molar-refractivity contribution in [1.82, 2.24) is 19.7 Å². The third-order valence-corrected chi connectivity index (χ3v) is 1.92. The Morgan fingerprint density at radius 1 is 1.56 bits per heavy atom. The van der Waals surface area contributed by atoms with Gasteiger partial charge >= 0.3 is 5.97 Å². The number of esters is 1. The average Bonchev–Trinajstić information content (AvgIpc) is 2.83. The summed E-state index contributed by atoms with van der Waals surface area (Å²) in [7, 11) is 0. The number of rotatable bonds is 3. The van der Waals surface area contributed by atoms with Crippen molar-refractivity contribution in [3.8, 4) is 5.69 Å². The summed E-state index contributed by atoms with van der Waals surface area (Å²) in [6.45, 7) is 2.06. The standard InChI is InChI=1S/C10H10N4O2/c1-2-16-10(15)9-8(4-3-5-12-9)14-7-11-6-13-14/h3-7H,2H2,1H3. The second kappa shape index (κ2) is 4.52. The second-order valence-electron chi connectivity index (χ2n) is 2.93. The van der Waals surface area contributed by atoms with Gasteiger partial charge in [-0.05, 0) is 19.1 Å². The Balaban J connectivity index is 2.42. The van der Waals surface area contributed by atoms with E-state index in [0.717, 1.165) is 0 Å². The van der Waals surface area contributed by atoms with Gasteiger partial charge in [0.2, 0.25) is 0 Å². The first-order valence-corrected chi connectivity index (χ1v) is 4.80. The fourth-order valence-electron chi connectivity index (χ4n) is 1.27. The van der Waals surface area contributed by atoms with Crippen LogP contribution in [0.2, 0.25) is 0 Å². The summed E-state index contributed by atoms with van der Waals surface area (Å²) in [6, 6.07) is 3.45. The lowest BCUT2D eigenvalue weighted by atomic mass is 10.3. The first-order chi connectivity index (χ1) is 7.83. The van der Waals surface area contributed by atoms with Crippen LogP contribution in [0.25, 0.3) is 5.69 Å². The zero-order valence-electron chi connectivity index (χ0n) is 8.70. The fourth-order valence-corrected chi connectivity index (χ4v) is 1.27. The molecule has 6 heteroatoms. The van der Waals surface area contributed by atoms with Gasteiger partial charge in [-0.3, -0.25) is 0 Å². The molecule has 0 aliphatic rings. The summed E-state index contributed by atoms with van der Waals surface area (Å²) in [4.78, 5) is 19.4. The Kier molecular flexibility index (Phi) is 2.90. The number of ether oxygens (including phenoxy) is 1. The third kappa shape index (κ3) is 1.90. The van der Waals surface area contributed by atoms with Crippen LogP contribution in [0.1, 0.15) is 17.4 Å². The number of pyridine rings is 1. The molecule has 0 spiro atoms. The van der Waals surface area contributed by atoms with Gasteiger partial charge in [0.1, 0.15) is 12.7 Å². The minimum Gasteiger partial charge on any atom is -0.461 e. The van der Waals surface area contributed by atoms with E-state index in [0.29, 0.717) is 12.3 Å². The molecular weight excluding hydrogens is 208 g/mol. The zero-order valence-corrected chi connectivity index (χ0v) is 8.70. The highest BCUT2D eigenvalue weighted by Gasteiger charge is 2.15. The summed E-state index contributed by atoms with van der Waals surface area (Å²) in [5, 5.41) is 3.95. The molecule has 2 heterocycles. The smallest absolute Gasteiger partial charge is 0.359 e. The molecule has 0 radical (unpaired) electrons. The fraction of sp³-hybridized carbons (Fsp3) is 0.200. The predicted octanol–water partition coefficient (Wildman–Crippen LogP) is 0.839. The lowest BCUT2D eigenvalue weighted by Gasteiger charge is -2.06. The van der Waals surface area contributed by atoms with Crippen LogP contribution < -0.4 is 0 Å². The minimum absolute atomic E-state index is 0.231. The van der Waals surface area contributed by atoms with Gasteiger partial charge in [-0.15, -0.1) is 0 Å². The normalized spacial score (nSPS) is 10.1. The maximum absolute atomic E-state index is 11.6. The number of aromatic nitrogens is 4. The first-order valence-electron chi connectivity index (χ1n) is 4.80. The molecule has 0 atom stereocenters. The summed E-state index contributed by atoms with van der Waals surface area (Å²) in [6.07, 6.45) is 4.42. The molecule has 0 aromatic carbocycles. The molecule has 0 bridgehead atoms. The van der Waals surface area contributed by atoms with E-state index in [-0.39, 0.29) is 5.69 Å². The predicted molar refractivity (Wildman–Crippen MR) is 55.1 cm³/mol. The van der Waals surface area contributed by atoms with Gasteiger partial charge in [0.05, 0.1) is 12.3 Å². The van der Waals surface area contributed by atoms with E-state index in [4.69, 9.17) is 4.74 Å². The highest BCUT2D eigenvalue weighted by Crippen LogP contribution is 2.11. The lowest BCUT2D eigenvalue weighted by molar-refractivity contribution is 0.0519. The molecule has 6 nitrogen and oxygen atoms in total. The second-order valence-corrected chi connectivity index (χ2v) is 2.93. The molecule has 0 saturated carbocycles. The third-order valence-electron chi connectivity index (χ3n) is 1.92. The van der Waals surface area contributed by atoms with Crippen LogP contribution in [0.15, 0.2) is 31.0 Å². The van der Waals surface area contributed by atoms with E-state index in [1.807, 2.05) is 0 Å². The van der Waals surface area contributed by atoms with E-state index in [1.54, 1.807) is 19.1 Å². The van der Waals surface area contributed by atoms with Crippen molar-refractivity contribution in [2.75, 3.05) is 6.61 Å². The molecule has 2 rings (SSSR count). The van der Waals surface area contributed by atoms with Crippen LogP contribution in [0.4, 0.5) is 0 Å². The maximum atomic E-state index is 11.6. The highest BCUT2D eigenvalue weighted by molar-refractivity contribution is 5.91.